The smallest absolute Gasteiger partial charge is 0.268 e. The third-order valence-corrected chi connectivity index (χ3v) is 5.47. The Bertz CT molecular complexity index is 1100. The molecule has 0 fully saturated rings. The molecule has 1 amide bonds. The van der Waals surface area contributed by atoms with Crippen molar-refractivity contribution in [1.82, 2.24) is 14.5 Å². The number of halogens is 1. The fourth-order valence-electron chi connectivity index (χ4n) is 3.24. The third-order valence-electron chi connectivity index (χ3n) is 4.61. The van der Waals surface area contributed by atoms with Gasteiger partial charge in [-0.3, -0.25) is 4.79 Å². The summed E-state index contributed by atoms with van der Waals surface area (Å²) in [6, 6.07) is 9.56. The summed E-state index contributed by atoms with van der Waals surface area (Å²) in [5, 5.41) is 11.8. The summed E-state index contributed by atoms with van der Waals surface area (Å²) in [4.78, 5) is 21.1. The molecular formula is C20H21ClN4O3S. The zero-order valence-electron chi connectivity index (χ0n) is 15.7. The van der Waals surface area contributed by atoms with Crippen molar-refractivity contribution in [3.8, 4) is 10.8 Å². The van der Waals surface area contributed by atoms with Gasteiger partial charge in [-0.1, -0.05) is 18.2 Å². The predicted octanol–water partition coefficient (Wildman–Crippen LogP) is 4.02. The van der Waals surface area contributed by atoms with Crippen molar-refractivity contribution in [2.75, 3.05) is 0 Å². The minimum atomic E-state index is -0.578. The Hall–Kier alpha value is -2.68. The summed E-state index contributed by atoms with van der Waals surface area (Å²) < 4.78 is 7.96. The molecule has 29 heavy (non-hydrogen) atoms. The van der Waals surface area contributed by atoms with Gasteiger partial charge in [0.15, 0.2) is 5.58 Å². The number of fused-ring (bicyclic) bond motifs is 1. The first-order valence-corrected chi connectivity index (χ1v) is 9.85. The van der Waals surface area contributed by atoms with Gasteiger partial charge in [-0.15, -0.1) is 23.7 Å². The zero-order valence-corrected chi connectivity index (χ0v) is 17.3. The van der Waals surface area contributed by atoms with E-state index in [0.717, 1.165) is 16.0 Å². The standard InChI is InChI=1S/C20H20N4O3S.ClH/c1-12(25)7-8-16(24-10-15(19(21)26)22-11-24)13-4-2-5-14-18(13)27-20(23-14)17-6-3-9-28-17;/h2-6,9-12,16,25H,7-8H2,1H3,(H2,21,26);1H/t12-,16?;/m0./s1. The van der Waals surface area contributed by atoms with Crippen LogP contribution in [0.5, 0.6) is 0 Å². The van der Waals surface area contributed by atoms with Crippen molar-refractivity contribution in [2.45, 2.75) is 31.9 Å². The molecule has 0 saturated carbocycles. The second-order valence-electron chi connectivity index (χ2n) is 6.70. The van der Waals surface area contributed by atoms with E-state index < -0.39 is 12.0 Å². The van der Waals surface area contributed by atoms with Crippen LogP contribution in [0.4, 0.5) is 0 Å². The molecule has 0 radical (unpaired) electrons. The number of rotatable bonds is 7. The van der Waals surface area contributed by atoms with Crippen LogP contribution in [0, 0.1) is 0 Å². The van der Waals surface area contributed by atoms with E-state index in [2.05, 4.69) is 9.97 Å². The van der Waals surface area contributed by atoms with E-state index in [1.807, 2.05) is 40.3 Å². The van der Waals surface area contributed by atoms with Crippen LogP contribution >= 0.6 is 23.7 Å². The molecule has 0 saturated heterocycles. The van der Waals surface area contributed by atoms with Crippen LogP contribution in [-0.2, 0) is 0 Å². The Balaban J connectivity index is 0.00000240. The minimum absolute atomic E-state index is 0. The minimum Gasteiger partial charge on any atom is -0.435 e. The van der Waals surface area contributed by atoms with E-state index in [1.165, 1.54) is 0 Å². The Morgan fingerprint density at radius 1 is 1.31 bits per heavy atom. The summed E-state index contributed by atoms with van der Waals surface area (Å²) in [6.07, 6.45) is 3.99. The number of aliphatic hydroxyl groups excluding tert-OH is 1. The average Bonchev–Trinajstić information content (AvgIpc) is 3.41. The topological polar surface area (TPSA) is 107 Å². The number of hydrogen-bond acceptors (Lipinski definition) is 6. The number of hydrogen-bond donors (Lipinski definition) is 2. The van der Waals surface area contributed by atoms with Crippen LogP contribution in [0.15, 0.2) is 52.7 Å². The van der Waals surface area contributed by atoms with Gasteiger partial charge >= 0.3 is 0 Å². The Kier molecular flexibility index (Phi) is 6.36. The van der Waals surface area contributed by atoms with Gasteiger partial charge in [0.05, 0.1) is 23.4 Å². The molecule has 9 heteroatoms. The lowest BCUT2D eigenvalue weighted by atomic mass is 9.99. The van der Waals surface area contributed by atoms with E-state index in [4.69, 9.17) is 10.2 Å². The van der Waals surface area contributed by atoms with Gasteiger partial charge in [0.1, 0.15) is 11.2 Å². The lowest BCUT2D eigenvalue weighted by Gasteiger charge is -2.19. The van der Waals surface area contributed by atoms with Crippen molar-refractivity contribution in [3.63, 3.8) is 0 Å². The van der Waals surface area contributed by atoms with Gasteiger partial charge in [0, 0.05) is 11.8 Å². The highest BCUT2D eigenvalue weighted by atomic mass is 35.5. The number of para-hydroxylation sites is 1. The highest BCUT2D eigenvalue weighted by Crippen LogP contribution is 2.34. The van der Waals surface area contributed by atoms with Crippen LogP contribution in [0.3, 0.4) is 0 Å². The molecule has 2 atom stereocenters. The number of carbonyl (C=O) groups excluding carboxylic acids is 1. The maximum absolute atomic E-state index is 11.5. The van der Waals surface area contributed by atoms with Crippen LogP contribution in [0.25, 0.3) is 21.9 Å². The predicted molar refractivity (Wildman–Crippen MR) is 114 cm³/mol. The summed E-state index contributed by atoms with van der Waals surface area (Å²) >= 11 is 1.57. The highest BCUT2D eigenvalue weighted by molar-refractivity contribution is 7.13. The molecule has 3 N–H and O–H groups in total. The van der Waals surface area contributed by atoms with Gasteiger partial charge in [-0.2, -0.15) is 0 Å². The van der Waals surface area contributed by atoms with E-state index >= 15 is 0 Å². The molecule has 0 aliphatic carbocycles. The number of oxazole rings is 1. The number of aliphatic hydroxyl groups is 1. The third kappa shape index (κ3) is 4.34. The Morgan fingerprint density at radius 2 is 2.14 bits per heavy atom. The number of imidazole rings is 1. The summed E-state index contributed by atoms with van der Waals surface area (Å²) in [6.45, 7) is 1.75. The molecule has 0 aliphatic heterocycles. The molecule has 4 aromatic rings. The van der Waals surface area contributed by atoms with Gasteiger partial charge in [-0.05, 0) is 37.3 Å². The summed E-state index contributed by atoms with van der Waals surface area (Å²) in [7, 11) is 0. The Morgan fingerprint density at radius 3 is 2.79 bits per heavy atom. The zero-order chi connectivity index (χ0) is 19.7. The number of benzene rings is 1. The Labute approximate surface area is 177 Å². The number of nitrogens with two attached hydrogens (primary N) is 1. The monoisotopic (exact) mass is 432 g/mol. The SMILES string of the molecule is C[C@H](O)CCC(c1cccc2nc(-c3cccs3)oc12)n1cnc(C(N)=O)c1.Cl. The van der Waals surface area contributed by atoms with E-state index in [9.17, 15) is 9.90 Å². The maximum Gasteiger partial charge on any atom is 0.268 e. The molecule has 3 heterocycles. The lowest BCUT2D eigenvalue weighted by molar-refractivity contribution is 0.0996. The van der Waals surface area contributed by atoms with Crippen molar-refractivity contribution in [3.05, 3.63) is 59.5 Å². The van der Waals surface area contributed by atoms with E-state index in [-0.39, 0.29) is 24.1 Å². The number of thiophene rings is 1. The molecule has 1 aromatic carbocycles. The van der Waals surface area contributed by atoms with Crippen LogP contribution in [-0.4, -0.2) is 31.7 Å². The van der Waals surface area contributed by atoms with Gasteiger partial charge < -0.3 is 19.8 Å². The highest BCUT2D eigenvalue weighted by Gasteiger charge is 2.22. The number of primary amides is 1. The summed E-state index contributed by atoms with van der Waals surface area (Å²) in [5.74, 6) is 0.000985. The molecule has 152 valence electrons. The maximum atomic E-state index is 11.5. The first kappa shape index (κ1) is 21.0. The van der Waals surface area contributed by atoms with E-state index in [1.54, 1.807) is 30.8 Å². The largest absolute Gasteiger partial charge is 0.435 e. The number of nitrogens with zero attached hydrogens (tertiary/aromatic N) is 3. The first-order valence-electron chi connectivity index (χ1n) is 8.97. The van der Waals surface area contributed by atoms with Gasteiger partial charge in [0.2, 0.25) is 5.89 Å². The molecule has 0 bridgehead atoms. The molecule has 7 nitrogen and oxygen atoms in total. The number of aromatic nitrogens is 3. The second-order valence-corrected chi connectivity index (χ2v) is 7.65. The first-order chi connectivity index (χ1) is 13.5. The van der Waals surface area contributed by atoms with Crippen LogP contribution < -0.4 is 5.73 Å². The number of amides is 1. The van der Waals surface area contributed by atoms with Gasteiger partial charge in [-0.25, -0.2) is 9.97 Å². The quantitative estimate of drug-likeness (QED) is 0.458. The molecule has 1 unspecified atom stereocenters. The van der Waals surface area contributed by atoms with Crippen molar-refractivity contribution >= 4 is 40.8 Å². The fourth-order valence-corrected chi connectivity index (χ4v) is 3.89. The second kappa shape index (κ2) is 8.77. The fraction of sp³-hybridized carbons (Fsp3) is 0.250. The van der Waals surface area contributed by atoms with Crippen molar-refractivity contribution in [1.29, 1.82) is 0 Å². The normalized spacial score (nSPS) is 13.2. The molecule has 3 aromatic heterocycles. The van der Waals surface area contributed by atoms with Crippen molar-refractivity contribution < 1.29 is 14.3 Å². The summed E-state index contributed by atoms with van der Waals surface area (Å²) in [5.41, 5.74) is 7.93. The lowest BCUT2D eigenvalue weighted by Crippen LogP contribution is -2.14. The van der Waals surface area contributed by atoms with Crippen molar-refractivity contribution in [2.24, 2.45) is 5.73 Å². The van der Waals surface area contributed by atoms with Crippen LogP contribution in [0.2, 0.25) is 0 Å². The van der Waals surface area contributed by atoms with Crippen LogP contribution in [0.1, 0.15) is 41.9 Å². The molecule has 0 spiro atoms. The molecule has 0 aliphatic rings. The number of carbonyl (C=O) groups is 1. The average molecular weight is 433 g/mol. The molecular weight excluding hydrogens is 412 g/mol. The molecule has 4 rings (SSSR count). The van der Waals surface area contributed by atoms with Gasteiger partial charge in [0.25, 0.3) is 5.91 Å². The van der Waals surface area contributed by atoms with E-state index in [0.29, 0.717) is 24.3 Å².